The number of halogens is 1. The van der Waals surface area contributed by atoms with Crippen molar-refractivity contribution in [3.05, 3.63) is 64.9 Å². The number of nitrogens with one attached hydrogen (secondary N) is 1. The van der Waals surface area contributed by atoms with Gasteiger partial charge in [0.1, 0.15) is 0 Å². The number of pyridine rings is 1. The molecule has 0 saturated heterocycles. The number of hydrogen-bond donors (Lipinski definition) is 1. The number of hydrogen-bond acceptors (Lipinski definition) is 3. The van der Waals surface area contributed by atoms with Crippen LogP contribution in [0, 0.1) is 0 Å². The molecule has 128 valence electrons. The lowest BCUT2D eigenvalue weighted by atomic mass is 10.1. The summed E-state index contributed by atoms with van der Waals surface area (Å²) < 4.78 is 5.46. The Morgan fingerprint density at radius 3 is 2.75 bits per heavy atom. The lowest BCUT2D eigenvalue weighted by Crippen LogP contribution is -2.40. The van der Waals surface area contributed by atoms with Gasteiger partial charge in [0, 0.05) is 31.9 Å². The van der Waals surface area contributed by atoms with Gasteiger partial charge in [-0.05, 0) is 36.8 Å². The molecule has 0 aliphatic heterocycles. The molecule has 2 rings (SSSR count). The van der Waals surface area contributed by atoms with Crippen LogP contribution in [0.1, 0.15) is 30.3 Å². The van der Waals surface area contributed by atoms with Crippen LogP contribution in [-0.2, 0) is 4.74 Å². The number of rotatable bonds is 6. The number of carbonyl (C=O) groups is 1. The Morgan fingerprint density at radius 2 is 2.12 bits per heavy atom. The van der Waals surface area contributed by atoms with Crippen molar-refractivity contribution in [1.29, 1.82) is 0 Å². The third kappa shape index (κ3) is 4.69. The van der Waals surface area contributed by atoms with E-state index in [1.807, 2.05) is 43.3 Å². The third-order valence-electron chi connectivity index (χ3n) is 3.96. The molecule has 0 spiro atoms. The maximum atomic E-state index is 12.4. The zero-order chi connectivity index (χ0) is 17.5. The number of methoxy groups -OCH3 is 1. The largest absolute Gasteiger partial charge is 0.375 e. The summed E-state index contributed by atoms with van der Waals surface area (Å²) in [6.45, 7) is 2.29. The first kappa shape index (κ1) is 18.2. The van der Waals surface area contributed by atoms with Gasteiger partial charge in [-0.25, -0.2) is 4.79 Å². The summed E-state index contributed by atoms with van der Waals surface area (Å²) in [5, 5.41) is 3.53. The first-order valence-corrected chi connectivity index (χ1v) is 8.10. The van der Waals surface area contributed by atoms with Gasteiger partial charge >= 0.3 is 6.03 Å². The number of carbonyl (C=O) groups excluding carboxylic acids is 1. The summed E-state index contributed by atoms with van der Waals surface area (Å²) in [4.78, 5) is 18.3. The minimum absolute atomic E-state index is 0.127. The predicted molar refractivity (Wildman–Crippen MR) is 95.0 cm³/mol. The van der Waals surface area contributed by atoms with Crippen molar-refractivity contribution >= 4 is 17.6 Å². The molecule has 1 N–H and O–H groups in total. The average molecular weight is 348 g/mol. The first-order chi connectivity index (χ1) is 11.5. The van der Waals surface area contributed by atoms with Gasteiger partial charge in [-0.2, -0.15) is 0 Å². The highest BCUT2D eigenvalue weighted by Gasteiger charge is 2.19. The van der Waals surface area contributed by atoms with E-state index in [-0.39, 0.29) is 18.2 Å². The summed E-state index contributed by atoms with van der Waals surface area (Å²) in [5.74, 6) is 0. The molecule has 0 aliphatic rings. The number of amides is 2. The van der Waals surface area contributed by atoms with Crippen LogP contribution in [0.5, 0.6) is 0 Å². The van der Waals surface area contributed by atoms with E-state index in [1.54, 1.807) is 31.3 Å². The third-order valence-corrected chi connectivity index (χ3v) is 4.20. The van der Waals surface area contributed by atoms with Crippen molar-refractivity contribution in [2.75, 3.05) is 20.7 Å². The van der Waals surface area contributed by atoms with Gasteiger partial charge in [0.25, 0.3) is 0 Å². The molecular formula is C18H22ClN3O2. The molecule has 0 bridgehead atoms. The molecule has 2 atom stereocenters. The lowest BCUT2D eigenvalue weighted by Gasteiger charge is -2.26. The van der Waals surface area contributed by atoms with Gasteiger partial charge in [0.05, 0.1) is 17.8 Å². The monoisotopic (exact) mass is 347 g/mol. The predicted octanol–water partition coefficient (Wildman–Crippen LogP) is 3.83. The van der Waals surface area contributed by atoms with Crippen LogP contribution in [0.2, 0.25) is 5.02 Å². The number of aromatic nitrogens is 1. The van der Waals surface area contributed by atoms with Gasteiger partial charge in [-0.15, -0.1) is 0 Å². The van der Waals surface area contributed by atoms with Crippen molar-refractivity contribution in [3.8, 4) is 0 Å². The first-order valence-electron chi connectivity index (χ1n) is 7.72. The van der Waals surface area contributed by atoms with E-state index in [9.17, 15) is 4.79 Å². The van der Waals surface area contributed by atoms with E-state index >= 15 is 0 Å². The van der Waals surface area contributed by atoms with Gasteiger partial charge < -0.3 is 15.0 Å². The molecule has 5 nitrogen and oxygen atoms in total. The van der Waals surface area contributed by atoms with Gasteiger partial charge in [-0.3, -0.25) is 4.98 Å². The fraction of sp³-hybridized carbons (Fsp3) is 0.333. The van der Waals surface area contributed by atoms with E-state index in [1.165, 1.54) is 0 Å². The van der Waals surface area contributed by atoms with Crippen molar-refractivity contribution < 1.29 is 9.53 Å². The molecule has 1 aromatic carbocycles. The second-order valence-corrected chi connectivity index (χ2v) is 5.94. The quantitative estimate of drug-likeness (QED) is 0.864. The molecule has 2 amide bonds. The summed E-state index contributed by atoms with van der Waals surface area (Å²) >= 11 is 6.01. The summed E-state index contributed by atoms with van der Waals surface area (Å²) in [6, 6.07) is 12.8. The SMILES string of the molecule is COC(CNC(=O)N(C)C(C)c1ccccn1)c1cccc(Cl)c1. The Labute approximate surface area is 147 Å². The Hall–Kier alpha value is -2.11. The van der Waals surface area contributed by atoms with E-state index < -0.39 is 0 Å². The van der Waals surface area contributed by atoms with Gasteiger partial charge in [-0.1, -0.05) is 29.8 Å². The normalized spacial score (nSPS) is 13.2. The van der Waals surface area contributed by atoms with Crippen LogP contribution < -0.4 is 5.32 Å². The summed E-state index contributed by atoms with van der Waals surface area (Å²) in [7, 11) is 3.35. The molecule has 24 heavy (non-hydrogen) atoms. The zero-order valence-electron chi connectivity index (χ0n) is 14.1. The maximum Gasteiger partial charge on any atom is 0.317 e. The van der Waals surface area contributed by atoms with Crippen LogP contribution in [0.4, 0.5) is 4.79 Å². The minimum atomic E-state index is -0.258. The van der Waals surface area contributed by atoms with E-state index in [4.69, 9.17) is 16.3 Å². The van der Waals surface area contributed by atoms with Crippen LogP contribution in [0.25, 0.3) is 0 Å². The Morgan fingerprint density at radius 1 is 1.33 bits per heavy atom. The second-order valence-electron chi connectivity index (χ2n) is 5.51. The Kier molecular flexibility index (Phi) is 6.58. The standard InChI is InChI=1S/C18H22ClN3O2/c1-13(16-9-4-5-10-20-16)22(2)18(23)21-12-17(24-3)14-7-6-8-15(19)11-14/h4-11,13,17H,12H2,1-3H3,(H,21,23). The molecule has 0 fully saturated rings. The molecule has 0 aliphatic carbocycles. The van der Waals surface area contributed by atoms with Crippen LogP contribution in [0.15, 0.2) is 48.7 Å². The van der Waals surface area contributed by atoms with Gasteiger partial charge in [0.15, 0.2) is 0 Å². The summed E-state index contributed by atoms with van der Waals surface area (Å²) in [5.41, 5.74) is 1.76. The molecular weight excluding hydrogens is 326 g/mol. The molecule has 6 heteroatoms. The second kappa shape index (κ2) is 8.66. The topological polar surface area (TPSA) is 54.5 Å². The molecule has 0 radical (unpaired) electrons. The summed E-state index contributed by atoms with van der Waals surface area (Å²) in [6.07, 6.45) is 1.46. The van der Waals surface area contributed by atoms with Crippen LogP contribution >= 0.6 is 11.6 Å². The Balaban J connectivity index is 1.96. The number of urea groups is 1. The molecule has 0 saturated carbocycles. The van der Waals surface area contributed by atoms with E-state index in [2.05, 4.69) is 10.3 Å². The van der Waals surface area contributed by atoms with E-state index in [0.717, 1.165) is 11.3 Å². The molecule has 2 unspecified atom stereocenters. The molecule has 2 aromatic rings. The number of nitrogens with zero attached hydrogens (tertiary/aromatic N) is 2. The lowest BCUT2D eigenvalue weighted by molar-refractivity contribution is 0.101. The zero-order valence-corrected chi connectivity index (χ0v) is 14.8. The highest BCUT2D eigenvalue weighted by atomic mass is 35.5. The van der Waals surface area contributed by atoms with Crippen molar-refractivity contribution in [3.63, 3.8) is 0 Å². The minimum Gasteiger partial charge on any atom is -0.375 e. The van der Waals surface area contributed by atoms with E-state index in [0.29, 0.717) is 11.6 Å². The van der Waals surface area contributed by atoms with Crippen molar-refractivity contribution in [1.82, 2.24) is 15.2 Å². The average Bonchev–Trinajstić information content (AvgIpc) is 2.61. The Bertz CT molecular complexity index is 666. The van der Waals surface area contributed by atoms with Gasteiger partial charge in [0.2, 0.25) is 0 Å². The maximum absolute atomic E-state index is 12.4. The molecule has 1 heterocycles. The van der Waals surface area contributed by atoms with Crippen LogP contribution in [-0.4, -0.2) is 36.6 Å². The van der Waals surface area contributed by atoms with Crippen molar-refractivity contribution in [2.24, 2.45) is 0 Å². The highest BCUT2D eigenvalue weighted by Crippen LogP contribution is 2.20. The molecule has 1 aromatic heterocycles. The highest BCUT2D eigenvalue weighted by molar-refractivity contribution is 6.30. The number of benzene rings is 1. The smallest absolute Gasteiger partial charge is 0.317 e. The van der Waals surface area contributed by atoms with Crippen LogP contribution in [0.3, 0.4) is 0 Å². The fourth-order valence-corrected chi connectivity index (χ4v) is 2.54. The van der Waals surface area contributed by atoms with Crippen molar-refractivity contribution in [2.45, 2.75) is 19.1 Å². The number of ether oxygens (including phenoxy) is 1. The fourth-order valence-electron chi connectivity index (χ4n) is 2.35.